The van der Waals surface area contributed by atoms with Crippen LogP contribution in [0.25, 0.3) is 4.85 Å². The van der Waals surface area contributed by atoms with Gasteiger partial charge in [0.05, 0.1) is 23.5 Å². The Morgan fingerprint density at radius 2 is 1.59 bits per heavy atom. The molecule has 0 saturated carbocycles. The second-order valence-corrected chi connectivity index (χ2v) is 7.94. The Hall–Kier alpha value is -4.25. The summed E-state index contributed by atoms with van der Waals surface area (Å²) >= 11 is 0. The Balaban J connectivity index is 2.15. The van der Waals surface area contributed by atoms with Gasteiger partial charge in [0.2, 0.25) is 0 Å². The van der Waals surface area contributed by atoms with Crippen LogP contribution in [0.2, 0.25) is 0 Å². The minimum Gasteiger partial charge on any atom is -0.478 e. The molecule has 2 aromatic rings. The number of carbonyl (C=O) groups excluding carboxylic acids is 2. The molecule has 0 spiro atoms. The van der Waals surface area contributed by atoms with Crippen LogP contribution in [-0.2, 0) is 9.59 Å². The minimum absolute atomic E-state index is 0.00898. The van der Waals surface area contributed by atoms with Gasteiger partial charge in [-0.05, 0) is 87.7 Å². The number of rotatable bonds is 6. The van der Waals surface area contributed by atoms with Crippen LogP contribution >= 0.6 is 0 Å². The van der Waals surface area contributed by atoms with Crippen LogP contribution in [0.4, 0.5) is 17.1 Å². The van der Waals surface area contributed by atoms with E-state index in [0.717, 1.165) is 34.8 Å². The second kappa shape index (κ2) is 9.71. The average Bonchev–Trinajstić information content (AvgIpc) is 2.79. The van der Waals surface area contributed by atoms with Gasteiger partial charge in [-0.1, -0.05) is 0 Å². The number of carboxylic acid groups (broad SMARTS) is 1. The first kappa shape index (κ1) is 24.4. The number of imide groups is 1. The second-order valence-electron chi connectivity index (χ2n) is 7.94. The van der Waals surface area contributed by atoms with E-state index in [9.17, 15) is 14.4 Å². The number of aliphatic imine (C=N–C) groups is 1. The topological polar surface area (TPSA) is 94.6 Å². The highest BCUT2D eigenvalue weighted by atomic mass is 16.4. The van der Waals surface area contributed by atoms with Crippen LogP contribution in [0.15, 0.2) is 52.7 Å². The maximum atomic E-state index is 13.4. The standard InChI is InChI=1S/C26H26N4O4/c1-7-29(8-2)20-13-15(3)21(16(4)14-20)28-23-17(5)22(27-6)24(31)30(25(23)32)19-11-9-18(10-12-19)26(33)34/h9-14H,7-8H2,1-5H3,(H,33,34). The van der Waals surface area contributed by atoms with Crippen LogP contribution < -0.4 is 9.80 Å². The van der Waals surface area contributed by atoms with Gasteiger partial charge in [0.1, 0.15) is 5.71 Å². The molecule has 174 valence electrons. The Morgan fingerprint density at radius 1 is 1.03 bits per heavy atom. The third-order valence-electron chi connectivity index (χ3n) is 5.83. The van der Waals surface area contributed by atoms with E-state index in [1.807, 2.05) is 26.0 Å². The molecule has 2 amide bonds. The minimum atomic E-state index is -1.12. The van der Waals surface area contributed by atoms with Crippen molar-refractivity contribution in [2.24, 2.45) is 4.99 Å². The summed E-state index contributed by atoms with van der Waals surface area (Å²) in [6.45, 7) is 18.8. The Bertz CT molecular complexity index is 1260. The summed E-state index contributed by atoms with van der Waals surface area (Å²) in [6.07, 6.45) is 0. The predicted molar refractivity (Wildman–Crippen MR) is 132 cm³/mol. The number of nitrogens with zero attached hydrogens (tertiary/aromatic N) is 4. The van der Waals surface area contributed by atoms with E-state index < -0.39 is 17.8 Å². The summed E-state index contributed by atoms with van der Waals surface area (Å²) in [4.78, 5) is 48.7. The van der Waals surface area contributed by atoms with Crippen molar-refractivity contribution < 1.29 is 19.5 Å². The SMILES string of the molecule is [C-]#[N+]C1=C(C)C(=Nc2c(C)cc(N(CC)CC)cc2C)C(=O)N(c2ccc(C(=O)O)cc2)C1=O. The molecule has 34 heavy (non-hydrogen) atoms. The first-order valence-electron chi connectivity index (χ1n) is 10.9. The molecular weight excluding hydrogens is 432 g/mol. The zero-order valence-corrected chi connectivity index (χ0v) is 19.8. The van der Waals surface area contributed by atoms with Gasteiger partial charge in [0, 0.05) is 18.8 Å². The van der Waals surface area contributed by atoms with Crippen molar-refractivity contribution in [3.8, 4) is 0 Å². The number of benzene rings is 2. The number of amides is 2. The van der Waals surface area contributed by atoms with E-state index in [0.29, 0.717) is 5.69 Å². The van der Waals surface area contributed by atoms with E-state index in [2.05, 4.69) is 28.6 Å². The fraction of sp³-hybridized carbons (Fsp3) is 0.269. The molecule has 8 nitrogen and oxygen atoms in total. The van der Waals surface area contributed by atoms with Gasteiger partial charge in [-0.25, -0.2) is 14.6 Å². The highest BCUT2D eigenvalue weighted by Crippen LogP contribution is 2.32. The number of carbonyl (C=O) groups is 3. The van der Waals surface area contributed by atoms with Crippen molar-refractivity contribution in [3.05, 3.63) is 75.8 Å². The number of aryl methyl sites for hydroxylation is 2. The Kier molecular flexibility index (Phi) is 6.97. The van der Waals surface area contributed by atoms with Crippen molar-refractivity contribution in [2.45, 2.75) is 34.6 Å². The van der Waals surface area contributed by atoms with Gasteiger partial charge in [0.25, 0.3) is 17.5 Å². The van der Waals surface area contributed by atoms with E-state index in [1.165, 1.54) is 24.3 Å². The molecule has 0 atom stereocenters. The van der Waals surface area contributed by atoms with Crippen LogP contribution in [0.1, 0.15) is 42.3 Å². The molecule has 0 bridgehead atoms. The van der Waals surface area contributed by atoms with Crippen LogP contribution in [0.3, 0.4) is 0 Å². The van der Waals surface area contributed by atoms with E-state index in [1.54, 1.807) is 6.92 Å². The number of hydrogen-bond acceptors (Lipinski definition) is 5. The summed E-state index contributed by atoms with van der Waals surface area (Å²) < 4.78 is 0. The highest BCUT2D eigenvalue weighted by molar-refractivity contribution is 6.57. The molecule has 0 aromatic heterocycles. The number of anilines is 2. The molecule has 0 aliphatic carbocycles. The zero-order valence-electron chi connectivity index (χ0n) is 19.8. The monoisotopic (exact) mass is 458 g/mol. The van der Waals surface area contributed by atoms with E-state index in [4.69, 9.17) is 11.7 Å². The summed E-state index contributed by atoms with van der Waals surface area (Å²) in [5, 5.41) is 9.13. The smallest absolute Gasteiger partial charge is 0.335 e. The highest BCUT2D eigenvalue weighted by Gasteiger charge is 2.38. The largest absolute Gasteiger partial charge is 0.478 e. The quantitative estimate of drug-likeness (QED) is 0.501. The summed E-state index contributed by atoms with van der Waals surface area (Å²) in [5.74, 6) is -2.55. The molecule has 1 heterocycles. The van der Waals surface area contributed by atoms with E-state index >= 15 is 0 Å². The molecule has 1 N–H and O–H groups in total. The third-order valence-corrected chi connectivity index (χ3v) is 5.83. The van der Waals surface area contributed by atoms with Gasteiger partial charge in [-0.2, -0.15) is 0 Å². The van der Waals surface area contributed by atoms with Gasteiger partial charge in [-0.15, -0.1) is 0 Å². The number of aromatic carboxylic acids is 1. The van der Waals surface area contributed by atoms with Crippen LogP contribution in [0, 0.1) is 20.4 Å². The maximum absolute atomic E-state index is 13.4. The molecular formula is C26H26N4O4. The Labute approximate surface area is 198 Å². The maximum Gasteiger partial charge on any atom is 0.335 e. The lowest BCUT2D eigenvalue weighted by molar-refractivity contribution is -0.121. The number of carboxylic acids is 1. The average molecular weight is 459 g/mol. The van der Waals surface area contributed by atoms with Crippen molar-refractivity contribution >= 4 is 40.6 Å². The molecule has 2 aromatic carbocycles. The van der Waals surface area contributed by atoms with Crippen LogP contribution in [0.5, 0.6) is 0 Å². The molecule has 0 unspecified atom stereocenters. The fourth-order valence-corrected chi connectivity index (χ4v) is 3.98. The first-order chi connectivity index (χ1) is 16.1. The number of hydrogen-bond donors (Lipinski definition) is 1. The summed E-state index contributed by atoms with van der Waals surface area (Å²) in [5.41, 5.74) is 3.63. The van der Waals surface area contributed by atoms with Gasteiger partial charge >= 0.3 is 5.97 Å². The molecule has 8 heteroatoms. The lowest BCUT2D eigenvalue weighted by Gasteiger charge is -2.27. The summed E-state index contributed by atoms with van der Waals surface area (Å²) in [6, 6.07) is 9.36. The van der Waals surface area contributed by atoms with Crippen LogP contribution in [-0.4, -0.2) is 41.7 Å². The third kappa shape index (κ3) is 4.33. The first-order valence-corrected chi connectivity index (χ1v) is 10.9. The summed E-state index contributed by atoms with van der Waals surface area (Å²) in [7, 11) is 0. The fourth-order valence-electron chi connectivity index (χ4n) is 3.98. The zero-order chi connectivity index (χ0) is 25.2. The van der Waals surface area contributed by atoms with Crippen molar-refractivity contribution in [2.75, 3.05) is 22.9 Å². The van der Waals surface area contributed by atoms with Crippen molar-refractivity contribution in [1.82, 2.24) is 0 Å². The molecule has 1 aliphatic rings. The lowest BCUT2D eigenvalue weighted by Crippen LogP contribution is -2.46. The van der Waals surface area contributed by atoms with Crippen molar-refractivity contribution in [3.63, 3.8) is 0 Å². The molecule has 0 saturated heterocycles. The normalized spacial score (nSPS) is 15.1. The van der Waals surface area contributed by atoms with E-state index in [-0.39, 0.29) is 28.2 Å². The van der Waals surface area contributed by atoms with Gasteiger partial charge in [0.15, 0.2) is 0 Å². The predicted octanol–water partition coefficient (Wildman–Crippen LogP) is 4.69. The molecule has 0 fully saturated rings. The van der Waals surface area contributed by atoms with Gasteiger partial charge in [-0.3, -0.25) is 14.5 Å². The molecule has 1 aliphatic heterocycles. The Morgan fingerprint density at radius 3 is 2.06 bits per heavy atom. The lowest BCUT2D eigenvalue weighted by atomic mass is 10.0. The van der Waals surface area contributed by atoms with Crippen molar-refractivity contribution in [1.29, 1.82) is 0 Å². The molecule has 0 radical (unpaired) electrons. The molecule has 3 rings (SSSR count). The van der Waals surface area contributed by atoms with Gasteiger partial charge < -0.3 is 10.0 Å².